The molecule has 2 aromatic carbocycles. The summed E-state index contributed by atoms with van der Waals surface area (Å²) >= 11 is 7.46. The number of rotatable bonds is 5. The average Bonchev–Trinajstić information content (AvgIpc) is 2.60. The van der Waals surface area contributed by atoms with E-state index in [9.17, 15) is 4.79 Å². The number of hydrogen-bond acceptors (Lipinski definition) is 3. The molecule has 0 unspecified atom stereocenters. The third-order valence-corrected chi connectivity index (χ3v) is 4.83. The van der Waals surface area contributed by atoms with Crippen LogP contribution in [0.1, 0.15) is 11.1 Å². The van der Waals surface area contributed by atoms with Crippen molar-refractivity contribution in [2.24, 2.45) is 0 Å². The van der Waals surface area contributed by atoms with Gasteiger partial charge in [0.2, 0.25) is 5.91 Å². The van der Waals surface area contributed by atoms with Gasteiger partial charge in [0.15, 0.2) is 0 Å². The van der Waals surface area contributed by atoms with Gasteiger partial charge in [0.05, 0.1) is 6.42 Å². The van der Waals surface area contributed by atoms with Crippen LogP contribution in [0.4, 0.5) is 5.69 Å². The Balaban J connectivity index is 1.64. The number of pyridine rings is 1. The Morgan fingerprint density at radius 2 is 1.88 bits per heavy atom. The van der Waals surface area contributed by atoms with Crippen molar-refractivity contribution in [1.29, 1.82) is 0 Å². The van der Waals surface area contributed by atoms with Gasteiger partial charge in [-0.1, -0.05) is 47.6 Å². The van der Waals surface area contributed by atoms with Crippen LogP contribution >= 0.6 is 23.4 Å². The molecule has 126 valence electrons. The van der Waals surface area contributed by atoms with Gasteiger partial charge in [0, 0.05) is 21.7 Å². The lowest BCUT2D eigenvalue weighted by molar-refractivity contribution is -0.115. The first-order valence-corrected chi connectivity index (χ1v) is 9.03. The molecule has 1 amide bonds. The van der Waals surface area contributed by atoms with E-state index >= 15 is 0 Å². The molecule has 0 atom stereocenters. The summed E-state index contributed by atoms with van der Waals surface area (Å²) in [6.45, 7) is 1.99. The van der Waals surface area contributed by atoms with E-state index in [0.717, 1.165) is 21.7 Å². The molecule has 0 aliphatic rings. The second kappa shape index (κ2) is 8.19. The van der Waals surface area contributed by atoms with Gasteiger partial charge >= 0.3 is 0 Å². The van der Waals surface area contributed by atoms with E-state index in [2.05, 4.69) is 28.5 Å². The summed E-state index contributed by atoms with van der Waals surface area (Å²) in [5.74, 6) is -0.0734. The van der Waals surface area contributed by atoms with Crippen molar-refractivity contribution in [3.8, 4) is 0 Å². The van der Waals surface area contributed by atoms with Crippen molar-refractivity contribution in [3.63, 3.8) is 0 Å². The summed E-state index contributed by atoms with van der Waals surface area (Å²) in [6, 6.07) is 19.7. The molecule has 1 heterocycles. The third kappa shape index (κ3) is 5.08. The maximum atomic E-state index is 12.2. The minimum absolute atomic E-state index is 0.0734. The fourth-order valence-corrected chi connectivity index (χ4v) is 3.40. The molecule has 1 aromatic heterocycles. The highest BCUT2D eigenvalue weighted by Crippen LogP contribution is 2.30. The molecule has 1 N–H and O–H groups in total. The van der Waals surface area contributed by atoms with Gasteiger partial charge in [0.1, 0.15) is 5.15 Å². The van der Waals surface area contributed by atoms with Crippen molar-refractivity contribution in [2.75, 3.05) is 5.32 Å². The van der Waals surface area contributed by atoms with Gasteiger partial charge in [0.25, 0.3) is 0 Å². The lowest BCUT2D eigenvalue weighted by atomic mass is 10.1. The zero-order valence-electron chi connectivity index (χ0n) is 13.7. The van der Waals surface area contributed by atoms with Crippen LogP contribution in [0.5, 0.6) is 0 Å². The topological polar surface area (TPSA) is 42.0 Å². The van der Waals surface area contributed by atoms with Gasteiger partial charge in [-0.3, -0.25) is 4.79 Å². The second-order valence-electron chi connectivity index (χ2n) is 5.61. The average molecular weight is 369 g/mol. The molecule has 0 saturated heterocycles. The Morgan fingerprint density at radius 3 is 2.56 bits per heavy atom. The predicted octanol–water partition coefficient (Wildman–Crippen LogP) is 5.38. The van der Waals surface area contributed by atoms with E-state index in [1.807, 2.05) is 37.3 Å². The Kier molecular flexibility index (Phi) is 5.74. The molecule has 3 nitrogen and oxygen atoms in total. The Bertz CT molecular complexity index is 867. The van der Waals surface area contributed by atoms with Crippen LogP contribution in [0, 0.1) is 6.92 Å². The van der Waals surface area contributed by atoms with E-state index in [0.29, 0.717) is 5.15 Å². The van der Waals surface area contributed by atoms with Gasteiger partial charge in [-0.25, -0.2) is 4.98 Å². The summed E-state index contributed by atoms with van der Waals surface area (Å²) in [5.41, 5.74) is 2.68. The highest BCUT2D eigenvalue weighted by Gasteiger charge is 2.08. The Labute approximate surface area is 156 Å². The van der Waals surface area contributed by atoms with Crippen LogP contribution in [0.3, 0.4) is 0 Å². The molecule has 0 aliphatic heterocycles. The van der Waals surface area contributed by atoms with Crippen molar-refractivity contribution < 1.29 is 4.79 Å². The fourth-order valence-electron chi connectivity index (χ4n) is 2.36. The van der Waals surface area contributed by atoms with Gasteiger partial charge in [-0.2, -0.15) is 0 Å². The number of carbonyl (C=O) groups is 1. The molecule has 3 aromatic rings. The van der Waals surface area contributed by atoms with Gasteiger partial charge in [-0.15, -0.1) is 0 Å². The van der Waals surface area contributed by atoms with Crippen molar-refractivity contribution in [2.45, 2.75) is 23.1 Å². The molecule has 0 bridgehead atoms. The first-order valence-electron chi connectivity index (χ1n) is 7.84. The van der Waals surface area contributed by atoms with Crippen molar-refractivity contribution in [3.05, 3.63) is 83.1 Å². The van der Waals surface area contributed by atoms with E-state index in [1.165, 1.54) is 4.90 Å². The normalized spacial score (nSPS) is 10.5. The summed E-state index contributed by atoms with van der Waals surface area (Å²) in [4.78, 5) is 18.5. The molecular weight excluding hydrogens is 352 g/mol. The predicted molar refractivity (Wildman–Crippen MR) is 103 cm³/mol. The molecule has 3 rings (SSSR count). The van der Waals surface area contributed by atoms with Crippen LogP contribution < -0.4 is 5.32 Å². The number of aryl methyl sites for hydroxylation is 1. The number of nitrogens with one attached hydrogen (secondary N) is 1. The maximum Gasteiger partial charge on any atom is 0.228 e. The first-order chi connectivity index (χ1) is 12.1. The molecule has 0 fully saturated rings. The van der Waals surface area contributed by atoms with Crippen LogP contribution in [-0.2, 0) is 11.2 Å². The maximum absolute atomic E-state index is 12.2. The van der Waals surface area contributed by atoms with E-state index in [-0.39, 0.29) is 12.3 Å². The number of benzene rings is 2. The molecular formula is C20H17ClN2OS. The minimum Gasteiger partial charge on any atom is -0.326 e. The van der Waals surface area contributed by atoms with E-state index in [1.54, 1.807) is 30.1 Å². The highest BCUT2D eigenvalue weighted by atomic mass is 35.5. The number of carbonyl (C=O) groups excluding carboxylic acids is 1. The summed E-state index contributed by atoms with van der Waals surface area (Å²) in [5, 5.41) is 3.38. The quantitative estimate of drug-likeness (QED) is 0.615. The Morgan fingerprint density at radius 1 is 1.08 bits per heavy atom. The number of halogens is 1. The van der Waals surface area contributed by atoms with Crippen LogP contribution in [-0.4, -0.2) is 10.9 Å². The highest BCUT2D eigenvalue weighted by molar-refractivity contribution is 7.99. The minimum atomic E-state index is -0.0734. The zero-order valence-corrected chi connectivity index (χ0v) is 15.3. The van der Waals surface area contributed by atoms with Gasteiger partial charge < -0.3 is 5.32 Å². The molecule has 0 saturated carbocycles. The number of amides is 1. The number of aromatic nitrogens is 1. The largest absolute Gasteiger partial charge is 0.326 e. The second-order valence-corrected chi connectivity index (χ2v) is 7.14. The third-order valence-electron chi connectivity index (χ3n) is 3.60. The SMILES string of the molecule is Cc1cc(Sc2ccccc2)ccc1NC(=O)Cc1ccc(Cl)nc1. The number of hydrogen-bond donors (Lipinski definition) is 1. The molecule has 0 radical (unpaired) electrons. The van der Waals surface area contributed by atoms with Crippen LogP contribution in [0.15, 0.2) is 76.7 Å². The summed E-state index contributed by atoms with van der Waals surface area (Å²) in [6.07, 6.45) is 1.89. The van der Waals surface area contributed by atoms with Crippen LogP contribution in [0.2, 0.25) is 5.15 Å². The molecule has 0 spiro atoms. The van der Waals surface area contributed by atoms with Gasteiger partial charge in [-0.05, 0) is 54.4 Å². The smallest absolute Gasteiger partial charge is 0.228 e. The lowest BCUT2D eigenvalue weighted by Crippen LogP contribution is -2.15. The fraction of sp³-hybridized carbons (Fsp3) is 0.100. The summed E-state index contributed by atoms with van der Waals surface area (Å²) in [7, 11) is 0. The molecule has 25 heavy (non-hydrogen) atoms. The number of anilines is 1. The van der Waals surface area contributed by atoms with Crippen molar-refractivity contribution >= 4 is 35.0 Å². The first kappa shape index (κ1) is 17.5. The zero-order chi connectivity index (χ0) is 17.6. The van der Waals surface area contributed by atoms with Crippen LogP contribution in [0.25, 0.3) is 0 Å². The van der Waals surface area contributed by atoms with E-state index < -0.39 is 0 Å². The lowest BCUT2D eigenvalue weighted by Gasteiger charge is -2.10. The number of nitrogens with zero attached hydrogens (tertiary/aromatic N) is 1. The monoisotopic (exact) mass is 368 g/mol. The summed E-state index contributed by atoms with van der Waals surface area (Å²) < 4.78 is 0. The molecule has 5 heteroatoms. The molecule has 0 aliphatic carbocycles. The van der Waals surface area contributed by atoms with Crippen molar-refractivity contribution in [1.82, 2.24) is 4.98 Å². The standard InChI is InChI=1S/C20H17ClN2OS/c1-14-11-17(25-16-5-3-2-4-6-16)8-9-18(14)23-20(24)12-15-7-10-19(21)22-13-15/h2-11,13H,12H2,1H3,(H,23,24). The van der Waals surface area contributed by atoms with E-state index in [4.69, 9.17) is 11.6 Å². The Hall–Kier alpha value is -2.30.